The highest BCUT2D eigenvalue weighted by Crippen LogP contribution is 2.40. The number of β-lactam (4-membered cyclic amide) rings is 1. The Morgan fingerprint density at radius 2 is 1.47 bits per heavy atom. The Morgan fingerprint density at radius 3 is 2.02 bits per heavy atom. The van der Waals surface area contributed by atoms with E-state index in [1.54, 1.807) is 0 Å². The number of carbonyl (C=O) groups is 1. The maximum atomic E-state index is 12.2. The van der Waals surface area contributed by atoms with Gasteiger partial charge in [0.1, 0.15) is 6.04 Å². The van der Waals surface area contributed by atoms with Gasteiger partial charge in [-0.15, -0.1) is 0 Å². The number of nitroso groups, excluding NO2 is 2. The number of hydrogen-bond acceptors (Lipinski definition) is 8. The van der Waals surface area contributed by atoms with Crippen LogP contribution >= 0.6 is 0 Å². The van der Waals surface area contributed by atoms with E-state index >= 15 is 0 Å². The molecule has 0 aliphatic carbocycles. The molecule has 51 heavy (non-hydrogen) atoms. The minimum atomic E-state index is -0.189. The SMILES string of the molecule is CCC(N=O)c1ccc(C)cc1.CCC1CC(N=O)CC(CO)O1.CO.Cc1cccc(-c2ccc(C3CC(=O)N3c3ccccc3)c(C)c2)c1. The van der Waals surface area contributed by atoms with Gasteiger partial charge >= 0.3 is 0 Å². The molecule has 4 aromatic rings. The van der Waals surface area contributed by atoms with E-state index in [2.05, 4.69) is 66.7 Å². The van der Waals surface area contributed by atoms with E-state index in [0.29, 0.717) is 19.3 Å². The highest BCUT2D eigenvalue weighted by Gasteiger charge is 2.38. The first-order chi connectivity index (χ1) is 24.7. The molecule has 0 spiro atoms. The van der Waals surface area contributed by atoms with Crippen molar-refractivity contribution in [2.24, 2.45) is 10.4 Å². The third-order valence-corrected chi connectivity index (χ3v) is 9.20. The van der Waals surface area contributed by atoms with Crippen LogP contribution in [-0.2, 0) is 9.53 Å². The van der Waals surface area contributed by atoms with Gasteiger partial charge in [-0.05, 0) is 80.0 Å². The van der Waals surface area contributed by atoms with Crippen LogP contribution in [0.25, 0.3) is 11.1 Å². The number of aliphatic hydroxyl groups excluding tert-OH is 2. The molecule has 2 saturated heterocycles. The Hall–Kier alpha value is -4.57. The van der Waals surface area contributed by atoms with Crippen molar-refractivity contribution in [1.29, 1.82) is 0 Å². The number of aryl methyl sites for hydroxylation is 3. The van der Waals surface area contributed by atoms with Crippen molar-refractivity contribution < 1.29 is 19.7 Å². The van der Waals surface area contributed by atoms with Gasteiger partial charge in [-0.3, -0.25) is 4.79 Å². The smallest absolute Gasteiger partial charge is 0.230 e. The van der Waals surface area contributed by atoms with Crippen molar-refractivity contribution in [2.75, 3.05) is 18.6 Å². The molecule has 5 unspecified atom stereocenters. The van der Waals surface area contributed by atoms with Crippen LogP contribution < -0.4 is 4.90 Å². The van der Waals surface area contributed by atoms with Crippen LogP contribution in [0.4, 0.5) is 5.69 Å². The zero-order valence-corrected chi connectivity index (χ0v) is 30.7. The maximum absolute atomic E-state index is 12.2. The second kappa shape index (κ2) is 20.9. The average Bonchev–Trinajstić information content (AvgIpc) is 3.16. The number of ether oxygens (including phenoxy) is 1. The van der Waals surface area contributed by atoms with Crippen molar-refractivity contribution in [3.8, 4) is 11.1 Å². The molecule has 0 bridgehead atoms. The molecular weight excluding hydrogens is 642 g/mol. The molecule has 2 aliphatic heterocycles. The fourth-order valence-electron chi connectivity index (χ4n) is 6.34. The summed E-state index contributed by atoms with van der Waals surface area (Å²) in [5, 5.41) is 21.9. The summed E-state index contributed by atoms with van der Waals surface area (Å²) in [7, 11) is 1.00. The summed E-state index contributed by atoms with van der Waals surface area (Å²) in [5.74, 6) is 0.193. The topological polar surface area (TPSA) is 129 Å². The molecule has 6 rings (SSSR count). The van der Waals surface area contributed by atoms with Crippen LogP contribution in [0.15, 0.2) is 107 Å². The summed E-state index contributed by atoms with van der Waals surface area (Å²) in [6.45, 7) is 10.2. The van der Waals surface area contributed by atoms with Gasteiger partial charge in [0, 0.05) is 19.2 Å². The first-order valence-electron chi connectivity index (χ1n) is 17.7. The van der Waals surface area contributed by atoms with Crippen LogP contribution in [0.1, 0.15) is 85.9 Å². The minimum Gasteiger partial charge on any atom is -0.400 e. The van der Waals surface area contributed by atoms with Crippen molar-refractivity contribution in [1.82, 2.24) is 0 Å². The van der Waals surface area contributed by atoms with E-state index in [1.165, 1.54) is 33.4 Å². The fraction of sp³-hybridized carbons (Fsp3) is 0.405. The van der Waals surface area contributed by atoms with Crippen LogP contribution in [0, 0.1) is 30.6 Å². The third-order valence-electron chi connectivity index (χ3n) is 9.20. The molecular formula is C42H53N3O6. The molecule has 2 N–H and O–H groups in total. The standard InChI is InChI=1S/C23H21NO.C10H13NO.C8H15NO3.CH4O/c1-16-7-6-8-18(13-16)19-11-12-21(17(2)14-19)22-15-23(25)24(22)20-9-4-3-5-10-20;1-3-10(11-12)9-6-4-8(2)5-7-9;1-2-7-3-6(9-11)4-8(5-10)12-7;1-2/h3-14,22H,15H2,1-2H3;4-7,10H,3H2,1-2H3;6-8,10H,2-5H2,1H3;2H,1H3. The van der Waals surface area contributed by atoms with E-state index in [9.17, 15) is 14.6 Å². The molecule has 0 radical (unpaired) electrons. The fourth-order valence-corrected chi connectivity index (χ4v) is 6.34. The molecule has 2 fully saturated rings. The second-order valence-corrected chi connectivity index (χ2v) is 12.9. The number of para-hydroxylation sites is 1. The van der Waals surface area contributed by atoms with E-state index in [1.807, 2.05) is 80.3 Å². The Bertz CT molecular complexity index is 1650. The van der Waals surface area contributed by atoms with Gasteiger partial charge in [0.05, 0.1) is 37.3 Å². The molecule has 5 atom stereocenters. The van der Waals surface area contributed by atoms with E-state index in [0.717, 1.165) is 31.2 Å². The van der Waals surface area contributed by atoms with Crippen molar-refractivity contribution in [2.45, 2.75) is 97.1 Å². The molecule has 2 heterocycles. The van der Waals surface area contributed by atoms with Gasteiger partial charge in [0.25, 0.3) is 0 Å². The summed E-state index contributed by atoms with van der Waals surface area (Å²) in [5.41, 5.74) is 9.39. The highest BCUT2D eigenvalue weighted by molar-refractivity contribution is 6.01. The number of hydrogen-bond donors (Lipinski definition) is 2. The number of amides is 1. The van der Waals surface area contributed by atoms with E-state index in [4.69, 9.17) is 14.9 Å². The number of rotatable bonds is 9. The molecule has 2 aliphatic rings. The number of carbonyl (C=O) groups excluding carboxylic acids is 1. The lowest BCUT2D eigenvalue weighted by Gasteiger charge is -2.41. The van der Waals surface area contributed by atoms with Crippen LogP contribution in [0.5, 0.6) is 0 Å². The lowest BCUT2D eigenvalue weighted by atomic mass is 9.88. The van der Waals surface area contributed by atoms with Gasteiger partial charge < -0.3 is 19.8 Å². The Labute approximate surface area is 302 Å². The lowest BCUT2D eigenvalue weighted by Crippen LogP contribution is -2.46. The monoisotopic (exact) mass is 695 g/mol. The number of anilines is 1. The molecule has 1 amide bonds. The third kappa shape index (κ3) is 11.5. The molecule has 272 valence electrons. The molecule has 0 saturated carbocycles. The predicted molar refractivity (Wildman–Crippen MR) is 206 cm³/mol. The molecule has 0 aromatic heterocycles. The van der Waals surface area contributed by atoms with Crippen LogP contribution in [0.3, 0.4) is 0 Å². The van der Waals surface area contributed by atoms with Crippen LogP contribution in [0.2, 0.25) is 0 Å². The highest BCUT2D eigenvalue weighted by atomic mass is 16.5. The largest absolute Gasteiger partial charge is 0.400 e. The quantitative estimate of drug-likeness (QED) is 0.133. The normalized spacial score (nSPS) is 19.8. The second-order valence-electron chi connectivity index (χ2n) is 12.9. The van der Waals surface area contributed by atoms with Crippen molar-refractivity contribution in [3.05, 3.63) is 135 Å². The molecule has 9 heteroatoms. The predicted octanol–water partition coefficient (Wildman–Crippen LogP) is 9.34. The van der Waals surface area contributed by atoms with Crippen molar-refractivity contribution >= 4 is 11.6 Å². The van der Waals surface area contributed by atoms with E-state index in [-0.39, 0.29) is 42.8 Å². The first-order valence-corrected chi connectivity index (χ1v) is 17.7. The van der Waals surface area contributed by atoms with Gasteiger partial charge in [-0.1, -0.05) is 120 Å². The zero-order valence-electron chi connectivity index (χ0n) is 30.7. The average molecular weight is 696 g/mol. The lowest BCUT2D eigenvalue weighted by molar-refractivity contribution is -0.124. The Kier molecular flexibility index (Phi) is 16.8. The summed E-state index contributed by atoms with van der Waals surface area (Å²) in [6.07, 6.45) is 3.41. The Balaban J connectivity index is 0.000000227. The summed E-state index contributed by atoms with van der Waals surface area (Å²) in [4.78, 5) is 34.8. The zero-order chi connectivity index (χ0) is 37.3. The van der Waals surface area contributed by atoms with Crippen molar-refractivity contribution in [3.63, 3.8) is 0 Å². The van der Waals surface area contributed by atoms with Gasteiger partial charge in [0.2, 0.25) is 5.91 Å². The minimum absolute atomic E-state index is 0.0114. The Morgan fingerprint density at radius 1 is 0.804 bits per heavy atom. The summed E-state index contributed by atoms with van der Waals surface area (Å²) in [6, 6.07) is 32.8. The number of nitrogens with zero attached hydrogens (tertiary/aromatic N) is 3. The number of aliphatic hydroxyl groups is 2. The first kappa shape index (κ1) is 40.9. The van der Waals surface area contributed by atoms with Gasteiger partial charge in [-0.25, -0.2) is 0 Å². The molecule has 9 nitrogen and oxygen atoms in total. The summed E-state index contributed by atoms with van der Waals surface area (Å²) >= 11 is 0. The summed E-state index contributed by atoms with van der Waals surface area (Å²) < 4.78 is 5.47. The number of benzene rings is 4. The van der Waals surface area contributed by atoms with E-state index < -0.39 is 0 Å². The maximum Gasteiger partial charge on any atom is 0.230 e. The van der Waals surface area contributed by atoms with Gasteiger partial charge in [0.15, 0.2) is 0 Å². The van der Waals surface area contributed by atoms with Crippen LogP contribution in [-0.4, -0.2) is 48.1 Å². The van der Waals surface area contributed by atoms with Gasteiger partial charge in [-0.2, -0.15) is 9.81 Å². The molecule has 4 aromatic carbocycles.